The van der Waals surface area contributed by atoms with Crippen molar-refractivity contribution in [3.05, 3.63) is 28.6 Å². The minimum atomic E-state index is -2.71. The Labute approximate surface area is 91.1 Å². The summed E-state index contributed by atoms with van der Waals surface area (Å²) in [4.78, 5) is 14.2. The zero-order valence-corrected chi connectivity index (χ0v) is 8.70. The lowest BCUT2D eigenvalue weighted by Gasteiger charge is -2.12. The van der Waals surface area contributed by atoms with Crippen LogP contribution in [-0.2, 0) is 17.8 Å². The molecule has 1 rings (SSSR count). The summed E-state index contributed by atoms with van der Waals surface area (Å²) in [6.07, 6.45) is -1.81. The Morgan fingerprint density at radius 2 is 2.25 bits per heavy atom. The quantitative estimate of drug-likeness (QED) is 0.820. The van der Waals surface area contributed by atoms with Crippen LogP contribution in [-0.4, -0.2) is 16.1 Å². The Morgan fingerprint density at radius 1 is 1.62 bits per heavy atom. The summed E-state index contributed by atoms with van der Waals surface area (Å²) < 4.78 is 25.1. The molecular weight excluding hydrogens is 218 g/mol. The molecule has 0 spiro atoms. The Balaban J connectivity index is 3.28. The first-order chi connectivity index (χ1) is 7.47. The molecular formula is C10H12F2N2O2. The van der Waals surface area contributed by atoms with E-state index in [1.54, 1.807) is 0 Å². The first kappa shape index (κ1) is 12.5. The van der Waals surface area contributed by atoms with Gasteiger partial charge in [-0.1, -0.05) is 0 Å². The number of hydrogen-bond donors (Lipinski definition) is 2. The standard InChI is InChI=1S/C10H12F2N2O2/c1-5-7(2-8(15)16)6(3-13)4-14-9(5)10(11)12/h4,10H,2-3,13H2,1H3,(H,15,16). The fourth-order valence-electron chi connectivity index (χ4n) is 1.51. The van der Waals surface area contributed by atoms with Crippen LogP contribution in [0.2, 0.25) is 0 Å². The van der Waals surface area contributed by atoms with E-state index in [9.17, 15) is 13.6 Å². The number of nitrogens with two attached hydrogens (primary N) is 1. The van der Waals surface area contributed by atoms with Crippen LogP contribution < -0.4 is 5.73 Å². The second-order valence-corrected chi connectivity index (χ2v) is 3.35. The molecule has 0 fully saturated rings. The van der Waals surface area contributed by atoms with Crippen LogP contribution in [0.25, 0.3) is 0 Å². The summed E-state index contributed by atoms with van der Waals surface area (Å²) >= 11 is 0. The SMILES string of the molecule is Cc1c(C(F)F)ncc(CN)c1CC(=O)O. The predicted octanol–water partition coefficient (Wildman–Crippen LogP) is 1.41. The summed E-state index contributed by atoms with van der Waals surface area (Å²) in [7, 11) is 0. The molecule has 0 saturated heterocycles. The summed E-state index contributed by atoms with van der Waals surface area (Å²) in [5.74, 6) is -1.08. The molecule has 3 N–H and O–H groups in total. The van der Waals surface area contributed by atoms with Crippen LogP contribution >= 0.6 is 0 Å². The lowest BCUT2D eigenvalue weighted by atomic mass is 9.99. The van der Waals surface area contributed by atoms with Crippen LogP contribution in [0.4, 0.5) is 8.78 Å². The number of carboxylic acids is 1. The number of aromatic nitrogens is 1. The van der Waals surface area contributed by atoms with E-state index in [2.05, 4.69) is 4.98 Å². The smallest absolute Gasteiger partial charge is 0.307 e. The van der Waals surface area contributed by atoms with Crippen LogP contribution in [0.1, 0.15) is 28.8 Å². The number of hydrogen-bond acceptors (Lipinski definition) is 3. The van der Waals surface area contributed by atoms with Crippen molar-refractivity contribution in [1.29, 1.82) is 0 Å². The molecule has 16 heavy (non-hydrogen) atoms. The third kappa shape index (κ3) is 2.52. The van der Waals surface area contributed by atoms with Crippen LogP contribution in [0, 0.1) is 6.92 Å². The minimum Gasteiger partial charge on any atom is -0.481 e. The molecule has 0 aromatic carbocycles. The molecule has 1 aromatic rings. The average Bonchev–Trinajstić information content (AvgIpc) is 2.19. The van der Waals surface area contributed by atoms with Crippen molar-refractivity contribution in [3.8, 4) is 0 Å². The van der Waals surface area contributed by atoms with Crippen molar-refractivity contribution < 1.29 is 18.7 Å². The molecule has 0 aliphatic carbocycles. The van der Waals surface area contributed by atoms with E-state index < -0.39 is 12.4 Å². The van der Waals surface area contributed by atoms with Gasteiger partial charge in [-0.2, -0.15) is 0 Å². The highest BCUT2D eigenvalue weighted by Crippen LogP contribution is 2.25. The lowest BCUT2D eigenvalue weighted by molar-refractivity contribution is -0.136. The number of aliphatic carboxylic acids is 1. The number of pyridine rings is 1. The van der Waals surface area contributed by atoms with E-state index in [4.69, 9.17) is 10.8 Å². The zero-order chi connectivity index (χ0) is 12.3. The van der Waals surface area contributed by atoms with Crippen molar-refractivity contribution in [1.82, 2.24) is 4.98 Å². The van der Waals surface area contributed by atoms with Gasteiger partial charge in [0, 0.05) is 12.7 Å². The van der Waals surface area contributed by atoms with Crippen molar-refractivity contribution in [2.45, 2.75) is 26.3 Å². The molecule has 88 valence electrons. The summed E-state index contributed by atoms with van der Waals surface area (Å²) in [6.45, 7) is 1.52. The fourth-order valence-corrected chi connectivity index (χ4v) is 1.51. The van der Waals surface area contributed by atoms with Gasteiger partial charge < -0.3 is 10.8 Å². The van der Waals surface area contributed by atoms with Crippen LogP contribution in [0.3, 0.4) is 0 Å². The van der Waals surface area contributed by atoms with Crippen molar-refractivity contribution in [3.63, 3.8) is 0 Å². The lowest BCUT2D eigenvalue weighted by Crippen LogP contribution is -2.12. The number of rotatable bonds is 4. The maximum Gasteiger partial charge on any atom is 0.307 e. The molecule has 0 aliphatic rings. The predicted molar refractivity (Wildman–Crippen MR) is 53.2 cm³/mol. The zero-order valence-electron chi connectivity index (χ0n) is 8.70. The molecule has 0 amide bonds. The number of alkyl halides is 2. The van der Waals surface area contributed by atoms with Crippen LogP contribution in [0.5, 0.6) is 0 Å². The molecule has 0 saturated carbocycles. The topological polar surface area (TPSA) is 76.2 Å². The Hall–Kier alpha value is -1.56. The molecule has 0 radical (unpaired) electrons. The normalized spacial score (nSPS) is 10.8. The first-order valence-corrected chi connectivity index (χ1v) is 4.64. The number of carbonyl (C=O) groups is 1. The third-order valence-electron chi connectivity index (χ3n) is 2.34. The average molecular weight is 230 g/mol. The van der Waals surface area contributed by atoms with Gasteiger partial charge in [-0.15, -0.1) is 0 Å². The van der Waals surface area contributed by atoms with Gasteiger partial charge in [-0.25, -0.2) is 8.78 Å². The van der Waals surface area contributed by atoms with Gasteiger partial charge in [-0.05, 0) is 23.6 Å². The summed E-state index contributed by atoms with van der Waals surface area (Å²) in [5, 5.41) is 8.69. The largest absolute Gasteiger partial charge is 0.481 e. The van der Waals surface area contributed by atoms with Gasteiger partial charge in [0.2, 0.25) is 0 Å². The molecule has 4 nitrogen and oxygen atoms in total. The molecule has 1 aromatic heterocycles. The molecule has 0 unspecified atom stereocenters. The minimum absolute atomic E-state index is 0.0833. The second kappa shape index (κ2) is 4.98. The monoisotopic (exact) mass is 230 g/mol. The maximum absolute atomic E-state index is 12.5. The highest BCUT2D eigenvalue weighted by molar-refractivity contribution is 5.71. The van der Waals surface area contributed by atoms with Crippen molar-refractivity contribution in [2.75, 3.05) is 0 Å². The molecule has 0 aliphatic heterocycles. The van der Waals surface area contributed by atoms with Crippen LogP contribution in [0.15, 0.2) is 6.20 Å². The summed E-state index contributed by atoms with van der Waals surface area (Å²) in [5.41, 5.74) is 6.05. The van der Waals surface area contributed by atoms with Gasteiger partial charge in [0.1, 0.15) is 5.69 Å². The van der Waals surface area contributed by atoms with E-state index in [1.165, 1.54) is 13.1 Å². The number of halogens is 2. The van der Waals surface area contributed by atoms with Gasteiger partial charge in [-0.3, -0.25) is 9.78 Å². The van der Waals surface area contributed by atoms with Crippen molar-refractivity contribution >= 4 is 5.97 Å². The van der Waals surface area contributed by atoms with E-state index in [0.717, 1.165) is 0 Å². The summed E-state index contributed by atoms with van der Waals surface area (Å²) in [6, 6.07) is 0. The fraction of sp³-hybridized carbons (Fsp3) is 0.400. The Morgan fingerprint density at radius 3 is 2.69 bits per heavy atom. The van der Waals surface area contributed by atoms with Gasteiger partial charge in [0.15, 0.2) is 0 Å². The first-order valence-electron chi connectivity index (χ1n) is 4.64. The molecule has 0 atom stereocenters. The third-order valence-corrected chi connectivity index (χ3v) is 2.34. The number of carboxylic acid groups (broad SMARTS) is 1. The maximum atomic E-state index is 12.5. The van der Waals surface area contributed by atoms with Gasteiger partial charge in [0.25, 0.3) is 6.43 Å². The molecule has 1 heterocycles. The molecule has 0 bridgehead atoms. The number of nitrogens with zero attached hydrogens (tertiary/aromatic N) is 1. The Bertz CT molecular complexity index is 408. The van der Waals surface area contributed by atoms with E-state index in [0.29, 0.717) is 11.1 Å². The highest BCUT2D eigenvalue weighted by Gasteiger charge is 2.18. The second-order valence-electron chi connectivity index (χ2n) is 3.35. The van der Waals surface area contributed by atoms with E-state index >= 15 is 0 Å². The van der Waals surface area contributed by atoms with Gasteiger partial charge >= 0.3 is 5.97 Å². The van der Waals surface area contributed by atoms with E-state index in [1.807, 2.05) is 0 Å². The molecule has 6 heteroatoms. The van der Waals surface area contributed by atoms with Crippen molar-refractivity contribution in [2.24, 2.45) is 5.73 Å². The van der Waals surface area contributed by atoms with E-state index in [-0.39, 0.29) is 24.2 Å². The highest BCUT2D eigenvalue weighted by atomic mass is 19.3. The van der Waals surface area contributed by atoms with Gasteiger partial charge in [0.05, 0.1) is 6.42 Å². The Kier molecular flexibility index (Phi) is 3.89.